The predicted molar refractivity (Wildman–Crippen MR) is 62.3 cm³/mol. The second-order valence-electron chi connectivity index (χ2n) is 3.67. The van der Waals surface area contributed by atoms with Gasteiger partial charge in [-0.15, -0.1) is 0 Å². The first-order valence-electron chi connectivity index (χ1n) is 5.11. The molecule has 90 valence electrons. The highest BCUT2D eigenvalue weighted by molar-refractivity contribution is 5.68. The molecule has 0 bridgehead atoms. The summed E-state index contributed by atoms with van der Waals surface area (Å²) >= 11 is 0. The molecule has 0 amide bonds. The van der Waals surface area contributed by atoms with Crippen LogP contribution >= 0.6 is 0 Å². The highest BCUT2D eigenvalue weighted by Gasteiger charge is 2.10. The van der Waals surface area contributed by atoms with Crippen LogP contribution in [-0.4, -0.2) is 19.5 Å². The molecule has 0 aliphatic heterocycles. The van der Waals surface area contributed by atoms with Crippen LogP contribution in [0.15, 0.2) is 40.2 Å². The molecule has 2 N–H and O–H groups in total. The van der Waals surface area contributed by atoms with Gasteiger partial charge >= 0.3 is 5.69 Å². The van der Waals surface area contributed by atoms with Crippen molar-refractivity contribution in [3.05, 3.63) is 57.2 Å². The van der Waals surface area contributed by atoms with Crippen LogP contribution in [-0.2, 0) is 0 Å². The molecule has 0 unspecified atom stereocenters. The summed E-state index contributed by atoms with van der Waals surface area (Å²) in [5, 5.41) is 0. The summed E-state index contributed by atoms with van der Waals surface area (Å²) in [7, 11) is 0. The topological polar surface area (TPSA) is 83.5 Å². The Labute approximate surface area is 98.7 Å². The Morgan fingerprint density at radius 1 is 1.17 bits per heavy atom. The maximum atomic E-state index is 12.8. The van der Waals surface area contributed by atoms with Crippen molar-refractivity contribution in [2.45, 2.75) is 0 Å². The van der Waals surface area contributed by atoms with Gasteiger partial charge in [-0.25, -0.2) is 18.7 Å². The van der Waals surface area contributed by atoms with E-state index in [1.165, 1.54) is 30.6 Å². The van der Waals surface area contributed by atoms with Gasteiger partial charge in [-0.05, 0) is 24.3 Å². The number of imidazole rings is 1. The highest BCUT2D eigenvalue weighted by Crippen LogP contribution is 2.05. The standard InChI is InChI=1S/C11H7FN4O2/c12-6-1-3-7(4-2-6)16-10(17)8-9(14-5-13-8)15-11(16)18/h1-5H,(H,13,14)(H,15,18). The molecule has 0 atom stereocenters. The average Bonchev–Trinajstić information content (AvgIpc) is 2.80. The Bertz CT molecular complexity index is 829. The summed E-state index contributed by atoms with van der Waals surface area (Å²) in [6, 6.07) is 5.07. The van der Waals surface area contributed by atoms with Gasteiger partial charge in [0, 0.05) is 0 Å². The maximum absolute atomic E-state index is 12.8. The van der Waals surface area contributed by atoms with Gasteiger partial charge in [0.25, 0.3) is 5.56 Å². The number of nitrogens with one attached hydrogen (secondary N) is 2. The van der Waals surface area contributed by atoms with Crippen LogP contribution in [0.1, 0.15) is 0 Å². The van der Waals surface area contributed by atoms with Gasteiger partial charge in [-0.1, -0.05) is 0 Å². The lowest BCUT2D eigenvalue weighted by Crippen LogP contribution is -2.33. The first-order valence-corrected chi connectivity index (χ1v) is 5.11. The third-order valence-electron chi connectivity index (χ3n) is 2.57. The number of aromatic nitrogens is 4. The summed E-state index contributed by atoms with van der Waals surface area (Å²) in [5.41, 5.74) is -0.467. The molecule has 0 aliphatic rings. The zero-order valence-corrected chi connectivity index (χ0v) is 8.98. The number of benzene rings is 1. The van der Waals surface area contributed by atoms with E-state index in [0.717, 1.165) is 4.57 Å². The van der Waals surface area contributed by atoms with Gasteiger partial charge in [0.15, 0.2) is 5.65 Å². The van der Waals surface area contributed by atoms with E-state index in [1.807, 2.05) is 0 Å². The van der Waals surface area contributed by atoms with E-state index in [4.69, 9.17) is 0 Å². The number of aromatic amines is 2. The lowest BCUT2D eigenvalue weighted by Gasteiger charge is -2.03. The van der Waals surface area contributed by atoms with E-state index in [9.17, 15) is 14.0 Å². The maximum Gasteiger partial charge on any atom is 0.334 e. The molecule has 0 fully saturated rings. The molecule has 1 aromatic carbocycles. The van der Waals surface area contributed by atoms with Crippen molar-refractivity contribution in [2.24, 2.45) is 0 Å². The summed E-state index contributed by atoms with van der Waals surface area (Å²) in [6.45, 7) is 0. The van der Waals surface area contributed by atoms with E-state index in [2.05, 4.69) is 15.0 Å². The Kier molecular flexibility index (Phi) is 2.12. The van der Waals surface area contributed by atoms with Crippen LogP contribution in [0.4, 0.5) is 4.39 Å². The number of nitrogens with zero attached hydrogens (tertiary/aromatic N) is 2. The Morgan fingerprint density at radius 2 is 1.89 bits per heavy atom. The Morgan fingerprint density at radius 3 is 2.61 bits per heavy atom. The molecule has 0 radical (unpaired) electrons. The highest BCUT2D eigenvalue weighted by atomic mass is 19.1. The van der Waals surface area contributed by atoms with Gasteiger partial charge in [-0.3, -0.25) is 9.78 Å². The van der Waals surface area contributed by atoms with Crippen molar-refractivity contribution in [3.63, 3.8) is 0 Å². The molecule has 2 aromatic heterocycles. The SMILES string of the molecule is O=c1[nH]c2nc[nH]c2c(=O)n1-c1ccc(F)cc1. The van der Waals surface area contributed by atoms with Crippen molar-refractivity contribution < 1.29 is 4.39 Å². The average molecular weight is 246 g/mol. The second kappa shape index (κ2) is 3.66. The van der Waals surface area contributed by atoms with Crippen LogP contribution in [0.5, 0.6) is 0 Å². The zero-order valence-electron chi connectivity index (χ0n) is 8.98. The fourth-order valence-corrected chi connectivity index (χ4v) is 1.74. The van der Waals surface area contributed by atoms with E-state index in [1.54, 1.807) is 0 Å². The Balaban J connectivity index is 2.38. The minimum atomic E-state index is -0.619. The van der Waals surface area contributed by atoms with Gasteiger partial charge in [0.1, 0.15) is 11.3 Å². The summed E-state index contributed by atoms with van der Waals surface area (Å²) < 4.78 is 13.7. The van der Waals surface area contributed by atoms with Crippen molar-refractivity contribution in [3.8, 4) is 5.69 Å². The van der Waals surface area contributed by atoms with Gasteiger partial charge in [0.2, 0.25) is 0 Å². The third kappa shape index (κ3) is 1.45. The number of halogens is 1. The third-order valence-corrected chi connectivity index (χ3v) is 2.57. The molecular formula is C11H7FN4O2. The van der Waals surface area contributed by atoms with Crippen molar-refractivity contribution in [1.29, 1.82) is 0 Å². The molecule has 7 heteroatoms. The van der Waals surface area contributed by atoms with Crippen molar-refractivity contribution >= 4 is 11.2 Å². The molecular weight excluding hydrogens is 239 g/mol. The largest absolute Gasteiger partial charge is 0.339 e. The smallest absolute Gasteiger partial charge is 0.334 e. The summed E-state index contributed by atoms with van der Waals surface area (Å²) in [6.07, 6.45) is 1.32. The second-order valence-corrected chi connectivity index (χ2v) is 3.67. The first kappa shape index (κ1) is 10.5. The molecule has 0 spiro atoms. The molecule has 0 saturated carbocycles. The lowest BCUT2D eigenvalue weighted by atomic mass is 10.3. The number of hydrogen-bond acceptors (Lipinski definition) is 3. The number of rotatable bonds is 1. The van der Waals surface area contributed by atoms with Gasteiger partial charge in [0.05, 0.1) is 12.0 Å². The summed E-state index contributed by atoms with van der Waals surface area (Å²) in [5.74, 6) is -0.439. The van der Waals surface area contributed by atoms with E-state index in [0.29, 0.717) is 5.69 Å². The number of H-pyrrole nitrogens is 2. The minimum absolute atomic E-state index is 0.193. The molecule has 6 nitrogen and oxygen atoms in total. The van der Waals surface area contributed by atoms with Crippen LogP contribution in [0, 0.1) is 5.82 Å². The Hall–Kier alpha value is -2.70. The zero-order chi connectivity index (χ0) is 12.7. The number of hydrogen-bond donors (Lipinski definition) is 2. The van der Waals surface area contributed by atoms with Crippen LogP contribution in [0.3, 0.4) is 0 Å². The quantitative estimate of drug-likeness (QED) is 0.657. The van der Waals surface area contributed by atoms with Crippen LogP contribution < -0.4 is 11.2 Å². The monoisotopic (exact) mass is 246 g/mol. The van der Waals surface area contributed by atoms with Gasteiger partial charge < -0.3 is 4.98 Å². The van der Waals surface area contributed by atoms with Crippen LogP contribution in [0.2, 0.25) is 0 Å². The van der Waals surface area contributed by atoms with Crippen molar-refractivity contribution in [1.82, 2.24) is 19.5 Å². The normalized spacial score (nSPS) is 10.9. The molecule has 3 aromatic rings. The fourth-order valence-electron chi connectivity index (χ4n) is 1.74. The fraction of sp³-hybridized carbons (Fsp3) is 0. The van der Waals surface area contributed by atoms with Gasteiger partial charge in [-0.2, -0.15) is 0 Å². The molecule has 0 aliphatic carbocycles. The van der Waals surface area contributed by atoms with E-state index >= 15 is 0 Å². The first-order chi connectivity index (χ1) is 8.66. The van der Waals surface area contributed by atoms with E-state index < -0.39 is 17.1 Å². The van der Waals surface area contributed by atoms with E-state index in [-0.39, 0.29) is 11.2 Å². The lowest BCUT2D eigenvalue weighted by molar-refractivity contribution is 0.627. The molecule has 18 heavy (non-hydrogen) atoms. The van der Waals surface area contributed by atoms with Crippen LogP contribution in [0.25, 0.3) is 16.9 Å². The number of fused-ring (bicyclic) bond motifs is 1. The molecule has 0 saturated heterocycles. The molecule has 2 heterocycles. The van der Waals surface area contributed by atoms with Crippen molar-refractivity contribution in [2.75, 3.05) is 0 Å². The molecule has 3 rings (SSSR count). The predicted octanol–water partition coefficient (Wildman–Crippen LogP) is 0.541. The minimum Gasteiger partial charge on any atom is -0.339 e. The summed E-state index contributed by atoms with van der Waals surface area (Å²) in [4.78, 5) is 32.8.